The Morgan fingerprint density at radius 1 is 0.737 bits per heavy atom. The fourth-order valence-corrected chi connectivity index (χ4v) is 2.65. The van der Waals surface area contributed by atoms with Gasteiger partial charge in [0.25, 0.3) is 0 Å². The van der Waals surface area contributed by atoms with E-state index in [1.165, 1.54) is 70.8 Å². The van der Waals surface area contributed by atoms with Gasteiger partial charge in [-0.3, -0.25) is 0 Å². The topological polar surface area (TPSA) is 3.24 Å². The first-order valence-electron chi connectivity index (χ1n) is 8.82. The van der Waals surface area contributed by atoms with Gasteiger partial charge in [0.1, 0.15) is 0 Å². The van der Waals surface area contributed by atoms with Crippen LogP contribution in [0.1, 0.15) is 91.9 Å². The van der Waals surface area contributed by atoms with Crippen molar-refractivity contribution in [1.29, 1.82) is 0 Å². The van der Waals surface area contributed by atoms with E-state index in [4.69, 9.17) is 0 Å². The van der Waals surface area contributed by atoms with Crippen LogP contribution in [0, 0.1) is 5.92 Å². The van der Waals surface area contributed by atoms with E-state index in [0.717, 1.165) is 12.0 Å². The highest BCUT2D eigenvalue weighted by Crippen LogP contribution is 2.17. The Hall–Kier alpha value is -0.0400. The fourth-order valence-electron chi connectivity index (χ4n) is 2.65. The van der Waals surface area contributed by atoms with E-state index in [9.17, 15) is 0 Å². The summed E-state index contributed by atoms with van der Waals surface area (Å²) in [6.07, 6.45) is 14.0. The van der Waals surface area contributed by atoms with Crippen LogP contribution in [0.3, 0.4) is 0 Å². The summed E-state index contributed by atoms with van der Waals surface area (Å²) in [5.41, 5.74) is 0. The largest absolute Gasteiger partial charge is 0.303 e. The number of rotatable bonds is 13. The predicted octanol–water partition coefficient (Wildman–Crippen LogP) is 5.88. The molecule has 0 aromatic heterocycles. The third-order valence-electron chi connectivity index (χ3n) is 4.21. The van der Waals surface area contributed by atoms with Gasteiger partial charge >= 0.3 is 0 Å². The number of hydrogen-bond donors (Lipinski definition) is 0. The van der Waals surface area contributed by atoms with Crippen molar-refractivity contribution in [3.63, 3.8) is 0 Å². The van der Waals surface area contributed by atoms with E-state index < -0.39 is 0 Å². The molecular formula is C18H39N. The Kier molecular flexibility index (Phi) is 12.9. The van der Waals surface area contributed by atoms with E-state index >= 15 is 0 Å². The normalized spacial score (nSPS) is 13.4. The lowest BCUT2D eigenvalue weighted by atomic mass is 10.00. The Balaban J connectivity index is 3.91. The second-order valence-electron chi connectivity index (χ2n) is 6.66. The molecule has 1 unspecified atom stereocenters. The molecule has 0 bridgehead atoms. The lowest BCUT2D eigenvalue weighted by molar-refractivity contribution is 0.200. The van der Waals surface area contributed by atoms with Gasteiger partial charge in [0.2, 0.25) is 0 Å². The van der Waals surface area contributed by atoms with Gasteiger partial charge in [0.15, 0.2) is 0 Å². The minimum Gasteiger partial charge on any atom is -0.303 e. The van der Waals surface area contributed by atoms with Crippen molar-refractivity contribution in [2.45, 2.75) is 97.9 Å². The third-order valence-corrected chi connectivity index (χ3v) is 4.21. The van der Waals surface area contributed by atoms with Crippen molar-refractivity contribution in [2.75, 3.05) is 13.6 Å². The molecule has 116 valence electrons. The molecule has 19 heavy (non-hydrogen) atoms. The van der Waals surface area contributed by atoms with Gasteiger partial charge in [0, 0.05) is 6.04 Å². The molecule has 0 radical (unpaired) electrons. The molecule has 0 N–H and O–H groups in total. The number of unbranched alkanes of at least 4 members (excludes halogenated alkanes) is 5. The van der Waals surface area contributed by atoms with Crippen LogP contribution in [0.5, 0.6) is 0 Å². The van der Waals surface area contributed by atoms with Crippen LogP contribution in [-0.2, 0) is 0 Å². The zero-order valence-electron chi connectivity index (χ0n) is 14.4. The number of nitrogens with zero attached hydrogens (tertiary/aromatic N) is 1. The molecular weight excluding hydrogens is 230 g/mol. The van der Waals surface area contributed by atoms with Crippen molar-refractivity contribution in [1.82, 2.24) is 4.90 Å². The van der Waals surface area contributed by atoms with Crippen LogP contribution in [0.2, 0.25) is 0 Å². The molecule has 1 heteroatoms. The maximum atomic E-state index is 2.63. The van der Waals surface area contributed by atoms with Crippen molar-refractivity contribution in [3.05, 3.63) is 0 Å². The van der Waals surface area contributed by atoms with Crippen molar-refractivity contribution in [2.24, 2.45) is 5.92 Å². The molecule has 0 saturated heterocycles. The smallest absolute Gasteiger partial charge is 0.00922 e. The zero-order valence-corrected chi connectivity index (χ0v) is 14.4. The molecule has 0 amide bonds. The SMILES string of the molecule is CCCCCCCC(CCCC)N(C)CCC(C)C. The highest BCUT2D eigenvalue weighted by molar-refractivity contribution is 4.69. The summed E-state index contributed by atoms with van der Waals surface area (Å²) in [5, 5.41) is 0. The molecule has 1 atom stereocenters. The van der Waals surface area contributed by atoms with E-state index in [2.05, 4.69) is 39.6 Å². The first-order chi connectivity index (χ1) is 9.11. The first kappa shape index (κ1) is 19.0. The molecule has 0 aromatic carbocycles. The molecule has 0 fully saturated rings. The van der Waals surface area contributed by atoms with Gasteiger partial charge in [-0.25, -0.2) is 0 Å². The number of hydrogen-bond acceptors (Lipinski definition) is 1. The van der Waals surface area contributed by atoms with Gasteiger partial charge in [-0.2, -0.15) is 0 Å². The van der Waals surface area contributed by atoms with E-state index in [1.807, 2.05) is 0 Å². The molecule has 0 heterocycles. The molecule has 0 rings (SSSR count). The molecule has 0 saturated carbocycles. The van der Waals surface area contributed by atoms with Gasteiger partial charge in [-0.05, 0) is 38.8 Å². The van der Waals surface area contributed by atoms with Gasteiger partial charge in [-0.1, -0.05) is 72.6 Å². The Bertz CT molecular complexity index is 177. The summed E-state index contributed by atoms with van der Waals surface area (Å²) in [7, 11) is 2.34. The van der Waals surface area contributed by atoms with Crippen LogP contribution >= 0.6 is 0 Å². The van der Waals surface area contributed by atoms with Crippen LogP contribution < -0.4 is 0 Å². The third kappa shape index (κ3) is 11.5. The van der Waals surface area contributed by atoms with E-state index in [1.54, 1.807) is 0 Å². The molecule has 1 nitrogen and oxygen atoms in total. The minimum atomic E-state index is 0.832. The molecule has 0 aromatic rings. The summed E-state index contributed by atoms with van der Waals surface area (Å²) < 4.78 is 0. The quantitative estimate of drug-likeness (QED) is 0.377. The minimum absolute atomic E-state index is 0.832. The van der Waals surface area contributed by atoms with E-state index in [-0.39, 0.29) is 0 Å². The van der Waals surface area contributed by atoms with Gasteiger partial charge in [0.05, 0.1) is 0 Å². The lowest BCUT2D eigenvalue weighted by Crippen LogP contribution is -2.33. The van der Waals surface area contributed by atoms with Crippen molar-refractivity contribution in [3.8, 4) is 0 Å². The molecule has 0 aliphatic carbocycles. The molecule has 0 aliphatic rings. The Morgan fingerprint density at radius 3 is 1.89 bits per heavy atom. The monoisotopic (exact) mass is 269 g/mol. The Morgan fingerprint density at radius 2 is 1.32 bits per heavy atom. The Labute approximate surface area is 123 Å². The fraction of sp³-hybridized carbons (Fsp3) is 1.00. The van der Waals surface area contributed by atoms with Crippen LogP contribution in [0.4, 0.5) is 0 Å². The standard InChI is InChI=1S/C18H39N/c1-6-8-10-11-12-14-18(13-9-7-2)19(5)16-15-17(3)4/h17-18H,6-16H2,1-5H3. The van der Waals surface area contributed by atoms with Crippen LogP contribution in [0.25, 0.3) is 0 Å². The second kappa shape index (κ2) is 13.0. The zero-order chi connectivity index (χ0) is 14.5. The summed E-state index contributed by atoms with van der Waals surface area (Å²) in [6.45, 7) is 10.6. The second-order valence-corrected chi connectivity index (χ2v) is 6.66. The summed E-state index contributed by atoms with van der Waals surface area (Å²) in [6, 6.07) is 0.834. The van der Waals surface area contributed by atoms with Crippen LogP contribution in [0.15, 0.2) is 0 Å². The van der Waals surface area contributed by atoms with Crippen LogP contribution in [-0.4, -0.2) is 24.5 Å². The highest BCUT2D eigenvalue weighted by atomic mass is 15.1. The average Bonchev–Trinajstić information content (AvgIpc) is 2.39. The first-order valence-corrected chi connectivity index (χ1v) is 8.82. The molecule has 0 spiro atoms. The summed E-state index contributed by atoms with van der Waals surface area (Å²) >= 11 is 0. The maximum absolute atomic E-state index is 2.63. The van der Waals surface area contributed by atoms with E-state index in [0.29, 0.717) is 0 Å². The van der Waals surface area contributed by atoms with Crippen molar-refractivity contribution >= 4 is 0 Å². The summed E-state index contributed by atoms with van der Waals surface area (Å²) in [4.78, 5) is 2.63. The lowest BCUT2D eigenvalue weighted by Gasteiger charge is -2.29. The molecule has 0 aliphatic heterocycles. The predicted molar refractivity (Wildman–Crippen MR) is 88.8 cm³/mol. The van der Waals surface area contributed by atoms with Gasteiger partial charge < -0.3 is 4.90 Å². The van der Waals surface area contributed by atoms with Crippen molar-refractivity contribution < 1.29 is 0 Å². The average molecular weight is 270 g/mol. The maximum Gasteiger partial charge on any atom is 0.00922 e. The summed E-state index contributed by atoms with van der Waals surface area (Å²) in [5.74, 6) is 0.832. The van der Waals surface area contributed by atoms with Gasteiger partial charge in [-0.15, -0.1) is 0 Å². The highest BCUT2D eigenvalue weighted by Gasteiger charge is 2.14.